The second-order valence-electron chi connectivity index (χ2n) is 6.31. The van der Waals surface area contributed by atoms with E-state index in [1.165, 1.54) is 25.9 Å². The molecule has 3 fully saturated rings. The van der Waals surface area contributed by atoms with E-state index in [9.17, 15) is 4.79 Å². The van der Waals surface area contributed by atoms with Gasteiger partial charge in [0.2, 0.25) is 5.91 Å². The summed E-state index contributed by atoms with van der Waals surface area (Å²) < 4.78 is 5.59. The minimum Gasteiger partial charge on any atom is -0.375 e. The smallest absolute Gasteiger partial charge is 0.242 e. The summed E-state index contributed by atoms with van der Waals surface area (Å²) in [6.07, 6.45) is 4.95. The first-order valence-electron chi connectivity index (χ1n) is 8.13. The van der Waals surface area contributed by atoms with Crippen LogP contribution < -0.4 is 5.32 Å². The highest BCUT2D eigenvalue weighted by atomic mass is 16.5. The average molecular weight is 281 g/mol. The van der Waals surface area contributed by atoms with Gasteiger partial charge in [0, 0.05) is 25.7 Å². The maximum atomic E-state index is 12.6. The van der Waals surface area contributed by atoms with Gasteiger partial charge in [0.15, 0.2) is 0 Å². The van der Waals surface area contributed by atoms with Crippen molar-refractivity contribution in [2.45, 2.75) is 50.8 Å². The second-order valence-corrected chi connectivity index (χ2v) is 6.31. The lowest BCUT2D eigenvalue weighted by molar-refractivity contribution is -0.141. The van der Waals surface area contributed by atoms with Crippen LogP contribution in [0.4, 0.5) is 0 Å². The first-order chi connectivity index (χ1) is 9.75. The summed E-state index contributed by atoms with van der Waals surface area (Å²) in [7, 11) is 0. The van der Waals surface area contributed by atoms with Gasteiger partial charge in [-0.3, -0.25) is 4.79 Å². The lowest BCUT2D eigenvalue weighted by atomic mass is 10.0. The van der Waals surface area contributed by atoms with Crippen molar-refractivity contribution in [3.05, 3.63) is 0 Å². The van der Waals surface area contributed by atoms with Crippen LogP contribution >= 0.6 is 0 Å². The second kappa shape index (κ2) is 6.41. The molecule has 114 valence electrons. The summed E-state index contributed by atoms with van der Waals surface area (Å²) in [6.45, 7) is 7.82. The van der Waals surface area contributed by atoms with Crippen molar-refractivity contribution in [2.75, 3.05) is 39.3 Å². The normalized spacial score (nSPS) is 33.5. The zero-order chi connectivity index (χ0) is 13.9. The quantitative estimate of drug-likeness (QED) is 0.798. The number of rotatable bonds is 2. The minimum absolute atomic E-state index is 0.00689. The monoisotopic (exact) mass is 281 g/mol. The SMILES string of the molecule is C[C@H]1OCCN[C@@H]1C(=O)N1CCC(N2CCCC2)CC1. The number of carbonyl (C=O) groups is 1. The molecular weight excluding hydrogens is 254 g/mol. The van der Waals surface area contributed by atoms with E-state index in [1.807, 2.05) is 11.8 Å². The number of hydrogen-bond acceptors (Lipinski definition) is 4. The van der Waals surface area contributed by atoms with Gasteiger partial charge < -0.3 is 19.9 Å². The number of amides is 1. The van der Waals surface area contributed by atoms with E-state index in [-0.39, 0.29) is 18.1 Å². The number of nitrogens with one attached hydrogen (secondary N) is 1. The van der Waals surface area contributed by atoms with Gasteiger partial charge in [0.05, 0.1) is 12.7 Å². The Bertz CT molecular complexity index is 336. The first kappa shape index (κ1) is 14.3. The maximum Gasteiger partial charge on any atom is 0.242 e. The Morgan fingerprint density at radius 3 is 2.50 bits per heavy atom. The predicted octanol–water partition coefficient (Wildman–Crippen LogP) is 0.450. The average Bonchev–Trinajstić information content (AvgIpc) is 3.01. The fourth-order valence-electron chi connectivity index (χ4n) is 3.76. The van der Waals surface area contributed by atoms with E-state index in [4.69, 9.17) is 4.74 Å². The molecule has 0 spiro atoms. The Morgan fingerprint density at radius 1 is 1.15 bits per heavy atom. The van der Waals surface area contributed by atoms with E-state index in [2.05, 4.69) is 10.2 Å². The van der Waals surface area contributed by atoms with Crippen molar-refractivity contribution in [3.8, 4) is 0 Å². The first-order valence-corrected chi connectivity index (χ1v) is 8.13. The van der Waals surface area contributed by atoms with Crippen LogP contribution in [0.5, 0.6) is 0 Å². The number of piperidine rings is 1. The van der Waals surface area contributed by atoms with E-state index < -0.39 is 0 Å². The van der Waals surface area contributed by atoms with Gasteiger partial charge in [-0.05, 0) is 45.7 Å². The molecule has 0 aromatic heterocycles. The number of carbonyl (C=O) groups excluding carboxylic acids is 1. The standard InChI is InChI=1S/C15H27N3O2/c1-12-14(16-6-11-20-12)15(19)18-9-4-13(5-10-18)17-7-2-3-8-17/h12-14,16H,2-11H2,1H3/t12-,14+/m1/s1. The van der Waals surface area contributed by atoms with Crippen molar-refractivity contribution >= 4 is 5.91 Å². The summed E-state index contributed by atoms with van der Waals surface area (Å²) in [5, 5.41) is 3.31. The summed E-state index contributed by atoms with van der Waals surface area (Å²) >= 11 is 0. The van der Waals surface area contributed by atoms with Gasteiger partial charge >= 0.3 is 0 Å². The van der Waals surface area contributed by atoms with Crippen LogP contribution in [0.15, 0.2) is 0 Å². The summed E-state index contributed by atoms with van der Waals surface area (Å²) in [4.78, 5) is 17.2. The molecule has 3 saturated heterocycles. The van der Waals surface area contributed by atoms with Gasteiger partial charge in [-0.2, -0.15) is 0 Å². The molecule has 3 heterocycles. The third-order valence-electron chi connectivity index (χ3n) is 5.02. The van der Waals surface area contributed by atoms with Crippen LogP contribution in [0.1, 0.15) is 32.6 Å². The fraction of sp³-hybridized carbons (Fsp3) is 0.933. The number of ether oxygens (including phenoxy) is 1. The zero-order valence-electron chi connectivity index (χ0n) is 12.5. The molecule has 0 unspecified atom stereocenters. The van der Waals surface area contributed by atoms with E-state index >= 15 is 0 Å². The minimum atomic E-state index is -0.146. The summed E-state index contributed by atoms with van der Waals surface area (Å²) in [5.74, 6) is 0.233. The van der Waals surface area contributed by atoms with Crippen LogP contribution in [0.3, 0.4) is 0 Å². The molecule has 20 heavy (non-hydrogen) atoms. The van der Waals surface area contributed by atoms with Crippen molar-refractivity contribution < 1.29 is 9.53 Å². The molecule has 0 bridgehead atoms. The predicted molar refractivity (Wildman–Crippen MR) is 77.6 cm³/mol. The molecule has 0 aliphatic carbocycles. The molecule has 0 radical (unpaired) electrons. The molecule has 1 amide bonds. The highest BCUT2D eigenvalue weighted by Gasteiger charge is 2.34. The van der Waals surface area contributed by atoms with Gasteiger partial charge in [-0.25, -0.2) is 0 Å². The van der Waals surface area contributed by atoms with E-state index in [0.717, 1.165) is 32.5 Å². The summed E-state index contributed by atoms with van der Waals surface area (Å²) in [6, 6.07) is 0.557. The van der Waals surface area contributed by atoms with Crippen LogP contribution in [-0.4, -0.2) is 73.2 Å². The molecule has 2 atom stereocenters. The molecule has 0 aromatic rings. The zero-order valence-corrected chi connectivity index (χ0v) is 12.5. The van der Waals surface area contributed by atoms with Crippen molar-refractivity contribution in [2.24, 2.45) is 0 Å². The molecule has 3 aliphatic heterocycles. The lowest BCUT2D eigenvalue weighted by Crippen LogP contribution is -2.58. The van der Waals surface area contributed by atoms with Gasteiger partial charge in [-0.1, -0.05) is 0 Å². The van der Waals surface area contributed by atoms with Crippen molar-refractivity contribution in [1.82, 2.24) is 15.1 Å². The number of nitrogens with zero attached hydrogens (tertiary/aromatic N) is 2. The highest BCUT2D eigenvalue weighted by Crippen LogP contribution is 2.22. The van der Waals surface area contributed by atoms with Gasteiger partial charge in [0.25, 0.3) is 0 Å². The Labute approximate surface area is 121 Å². The topological polar surface area (TPSA) is 44.8 Å². The molecule has 3 rings (SSSR count). The molecule has 3 aliphatic rings. The van der Waals surface area contributed by atoms with Gasteiger partial charge in [-0.15, -0.1) is 0 Å². The lowest BCUT2D eigenvalue weighted by Gasteiger charge is -2.39. The highest BCUT2D eigenvalue weighted by molar-refractivity contribution is 5.82. The fourth-order valence-corrected chi connectivity index (χ4v) is 3.76. The Morgan fingerprint density at radius 2 is 1.85 bits per heavy atom. The molecule has 0 saturated carbocycles. The number of morpholine rings is 1. The van der Waals surface area contributed by atoms with Crippen molar-refractivity contribution in [1.29, 1.82) is 0 Å². The van der Waals surface area contributed by atoms with Gasteiger partial charge in [0.1, 0.15) is 6.04 Å². The largest absolute Gasteiger partial charge is 0.375 e. The third-order valence-corrected chi connectivity index (χ3v) is 5.02. The molecule has 5 heteroatoms. The number of hydrogen-bond donors (Lipinski definition) is 1. The Balaban J connectivity index is 1.50. The van der Waals surface area contributed by atoms with Crippen LogP contribution in [-0.2, 0) is 9.53 Å². The van der Waals surface area contributed by atoms with Crippen molar-refractivity contribution in [3.63, 3.8) is 0 Å². The molecular formula is C15H27N3O2. The van der Waals surface area contributed by atoms with Crippen LogP contribution in [0.25, 0.3) is 0 Å². The third kappa shape index (κ3) is 3.00. The van der Waals surface area contributed by atoms with Crippen LogP contribution in [0.2, 0.25) is 0 Å². The molecule has 1 N–H and O–H groups in total. The Hall–Kier alpha value is -0.650. The number of likely N-dealkylation sites (tertiary alicyclic amines) is 2. The summed E-state index contributed by atoms with van der Waals surface area (Å²) in [5.41, 5.74) is 0. The molecule has 0 aromatic carbocycles. The Kier molecular flexibility index (Phi) is 4.58. The maximum absolute atomic E-state index is 12.6. The van der Waals surface area contributed by atoms with E-state index in [1.54, 1.807) is 0 Å². The molecule has 5 nitrogen and oxygen atoms in total. The van der Waals surface area contributed by atoms with Crippen LogP contribution in [0, 0.1) is 0 Å². The van der Waals surface area contributed by atoms with E-state index in [0.29, 0.717) is 12.6 Å².